The molecule has 10 heteroatoms. The van der Waals surface area contributed by atoms with Gasteiger partial charge in [-0.05, 0) is 29.8 Å². The van der Waals surface area contributed by atoms with Gasteiger partial charge in [-0.2, -0.15) is 18.3 Å². The largest absolute Gasteiger partial charge is 0.416 e. The Balaban J connectivity index is 2.12. The van der Waals surface area contributed by atoms with Gasteiger partial charge < -0.3 is 10.0 Å². The average molecular weight is 382 g/mol. The van der Waals surface area contributed by atoms with Gasteiger partial charge in [-0.3, -0.25) is 15.5 Å². The highest BCUT2D eigenvalue weighted by atomic mass is 19.4. The topological polar surface area (TPSA) is 91.0 Å². The molecule has 0 radical (unpaired) electrons. The van der Waals surface area contributed by atoms with Gasteiger partial charge in [-0.25, -0.2) is 0 Å². The number of likely N-dealkylation sites (N-methyl/N-ethyl adjacent to an activating group) is 1. The number of nitrogens with one attached hydrogen (secondary N) is 1. The molecule has 7 nitrogen and oxygen atoms in total. The van der Waals surface area contributed by atoms with Crippen LogP contribution in [0.15, 0.2) is 47.6 Å². The van der Waals surface area contributed by atoms with Crippen LogP contribution in [0.25, 0.3) is 0 Å². The Labute approximate surface area is 152 Å². The summed E-state index contributed by atoms with van der Waals surface area (Å²) in [6.45, 7) is 0.502. The standard InChI is InChI=1S/C17H17F3N4O3/c1-23(8-9-25)14-5-2-12(3-6-14)11-21-22-15-7-4-13(17(18,19)20)10-16(15)24(26)27/h2-7,10-11,22,25H,8-9H2,1H3. The molecule has 2 aromatic carbocycles. The zero-order valence-electron chi connectivity index (χ0n) is 14.3. The Morgan fingerprint density at radius 1 is 1.26 bits per heavy atom. The van der Waals surface area contributed by atoms with E-state index in [9.17, 15) is 23.3 Å². The Bertz CT molecular complexity index is 823. The van der Waals surface area contributed by atoms with E-state index in [1.54, 1.807) is 24.3 Å². The Kier molecular flexibility index (Phi) is 6.35. The SMILES string of the molecule is CN(CCO)c1ccc(C=NNc2ccc(C(F)(F)F)cc2[N+](=O)[O-])cc1. The second kappa shape index (κ2) is 8.49. The summed E-state index contributed by atoms with van der Waals surface area (Å²) in [7, 11) is 1.82. The van der Waals surface area contributed by atoms with E-state index in [0.717, 1.165) is 17.8 Å². The van der Waals surface area contributed by atoms with Crippen molar-refractivity contribution in [3.05, 3.63) is 63.7 Å². The molecule has 0 spiro atoms. The van der Waals surface area contributed by atoms with Crippen LogP contribution in [-0.2, 0) is 6.18 Å². The van der Waals surface area contributed by atoms with Gasteiger partial charge in [0.25, 0.3) is 5.69 Å². The third-order valence-corrected chi connectivity index (χ3v) is 3.69. The highest BCUT2D eigenvalue weighted by Gasteiger charge is 2.33. The fraction of sp³-hybridized carbons (Fsp3) is 0.235. The second-order valence-electron chi connectivity index (χ2n) is 5.59. The molecule has 0 bridgehead atoms. The smallest absolute Gasteiger partial charge is 0.395 e. The van der Waals surface area contributed by atoms with Gasteiger partial charge in [0.2, 0.25) is 0 Å². The van der Waals surface area contributed by atoms with Crippen molar-refractivity contribution in [2.75, 3.05) is 30.5 Å². The lowest BCUT2D eigenvalue weighted by molar-refractivity contribution is -0.384. The number of aliphatic hydroxyl groups is 1. The minimum atomic E-state index is -4.67. The van der Waals surface area contributed by atoms with Gasteiger partial charge in [0, 0.05) is 25.3 Å². The molecule has 2 aromatic rings. The number of nitrogens with zero attached hydrogens (tertiary/aromatic N) is 3. The van der Waals surface area contributed by atoms with E-state index in [4.69, 9.17) is 5.11 Å². The van der Waals surface area contributed by atoms with E-state index in [2.05, 4.69) is 10.5 Å². The fourth-order valence-electron chi connectivity index (χ4n) is 2.22. The first kappa shape index (κ1) is 20.2. The summed E-state index contributed by atoms with van der Waals surface area (Å²) < 4.78 is 38.1. The summed E-state index contributed by atoms with van der Waals surface area (Å²) in [5, 5.41) is 23.8. The van der Waals surface area contributed by atoms with Crippen molar-refractivity contribution in [2.24, 2.45) is 5.10 Å². The predicted octanol–water partition coefficient (Wildman–Crippen LogP) is 3.49. The molecule has 0 unspecified atom stereocenters. The van der Waals surface area contributed by atoms with Gasteiger partial charge in [0.15, 0.2) is 0 Å². The summed E-state index contributed by atoms with van der Waals surface area (Å²) in [5.74, 6) is 0. The number of benzene rings is 2. The molecule has 0 aromatic heterocycles. The van der Waals surface area contributed by atoms with E-state index in [1.165, 1.54) is 6.21 Å². The van der Waals surface area contributed by atoms with Crippen molar-refractivity contribution in [1.82, 2.24) is 0 Å². The Morgan fingerprint density at radius 2 is 1.93 bits per heavy atom. The van der Waals surface area contributed by atoms with E-state index in [0.29, 0.717) is 18.2 Å². The lowest BCUT2D eigenvalue weighted by atomic mass is 10.1. The number of rotatable bonds is 7. The fourth-order valence-corrected chi connectivity index (χ4v) is 2.22. The predicted molar refractivity (Wildman–Crippen MR) is 96.1 cm³/mol. The van der Waals surface area contributed by atoms with Crippen LogP contribution in [0.4, 0.5) is 30.2 Å². The van der Waals surface area contributed by atoms with E-state index >= 15 is 0 Å². The van der Waals surface area contributed by atoms with Crippen molar-refractivity contribution in [1.29, 1.82) is 0 Å². The molecule has 0 atom stereocenters. The maximum atomic E-state index is 12.7. The van der Waals surface area contributed by atoms with Crippen LogP contribution in [0.5, 0.6) is 0 Å². The Hall–Kier alpha value is -3.14. The zero-order chi connectivity index (χ0) is 20.0. The number of nitro benzene ring substituents is 1. The number of halogens is 3. The lowest BCUT2D eigenvalue weighted by Crippen LogP contribution is -2.20. The lowest BCUT2D eigenvalue weighted by Gasteiger charge is -2.17. The zero-order valence-corrected chi connectivity index (χ0v) is 14.3. The first-order chi connectivity index (χ1) is 12.7. The van der Waals surface area contributed by atoms with Gasteiger partial charge in [0.1, 0.15) is 5.69 Å². The van der Waals surface area contributed by atoms with E-state index in [-0.39, 0.29) is 12.3 Å². The van der Waals surface area contributed by atoms with Crippen molar-refractivity contribution in [2.45, 2.75) is 6.18 Å². The molecular weight excluding hydrogens is 365 g/mol. The monoisotopic (exact) mass is 382 g/mol. The summed E-state index contributed by atoms with van der Waals surface area (Å²) >= 11 is 0. The molecule has 2 N–H and O–H groups in total. The second-order valence-corrected chi connectivity index (χ2v) is 5.59. The summed E-state index contributed by atoms with van der Waals surface area (Å²) in [6.07, 6.45) is -3.28. The molecule has 2 rings (SSSR count). The molecule has 0 aliphatic heterocycles. The number of hydrazone groups is 1. The number of hydrogen-bond acceptors (Lipinski definition) is 6. The molecule has 0 heterocycles. The maximum Gasteiger partial charge on any atom is 0.416 e. The van der Waals surface area contributed by atoms with Crippen LogP contribution in [0.2, 0.25) is 0 Å². The molecule has 0 amide bonds. The first-order valence-corrected chi connectivity index (χ1v) is 7.79. The molecule has 144 valence electrons. The normalized spacial score (nSPS) is 11.6. The third kappa shape index (κ3) is 5.42. The van der Waals surface area contributed by atoms with Crippen molar-refractivity contribution in [3.8, 4) is 0 Å². The third-order valence-electron chi connectivity index (χ3n) is 3.69. The number of alkyl halides is 3. The highest BCUT2D eigenvalue weighted by molar-refractivity contribution is 5.81. The summed E-state index contributed by atoms with van der Waals surface area (Å²) in [5.41, 5.74) is 1.98. The van der Waals surface area contributed by atoms with Crippen LogP contribution in [-0.4, -0.2) is 36.4 Å². The molecule has 0 saturated carbocycles. The van der Waals surface area contributed by atoms with Crippen molar-refractivity contribution in [3.63, 3.8) is 0 Å². The summed E-state index contributed by atoms with van der Waals surface area (Å²) in [6, 6.07) is 9.27. The van der Waals surface area contributed by atoms with Crippen molar-refractivity contribution < 1.29 is 23.2 Å². The molecule has 0 saturated heterocycles. The molecule has 0 fully saturated rings. The van der Waals surface area contributed by atoms with Crippen LogP contribution in [0.3, 0.4) is 0 Å². The van der Waals surface area contributed by atoms with Gasteiger partial charge in [-0.15, -0.1) is 0 Å². The van der Waals surface area contributed by atoms with Crippen LogP contribution >= 0.6 is 0 Å². The maximum absolute atomic E-state index is 12.7. The van der Waals surface area contributed by atoms with Gasteiger partial charge >= 0.3 is 6.18 Å². The average Bonchev–Trinajstić information content (AvgIpc) is 2.61. The minimum Gasteiger partial charge on any atom is -0.395 e. The number of hydrogen-bond donors (Lipinski definition) is 2. The molecular formula is C17H17F3N4O3. The van der Waals surface area contributed by atoms with E-state index in [1.807, 2.05) is 11.9 Å². The highest BCUT2D eigenvalue weighted by Crippen LogP contribution is 2.34. The van der Waals surface area contributed by atoms with Gasteiger partial charge in [-0.1, -0.05) is 12.1 Å². The van der Waals surface area contributed by atoms with Gasteiger partial charge in [0.05, 0.1) is 23.3 Å². The summed E-state index contributed by atoms with van der Waals surface area (Å²) in [4.78, 5) is 12.0. The first-order valence-electron chi connectivity index (χ1n) is 7.79. The Morgan fingerprint density at radius 3 is 2.48 bits per heavy atom. The molecule has 0 aliphatic rings. The van der Waals surface area contributed by atoms with Crippen LogP contribution in [0, 0.1) is 10.1 Å². The van der Waals surface area contributed by atoms with E-state index < -0.39 is 22.4 Å². The number of nitro groups is 1. The molecule has 27 heavy (non-hydrogen) atoms. The quantitative estimate of drug-likeness (QED) is 0.435. The number of anilines is 2. The van der Waals surface area contributed by atoms with Crippen LogP contribution in [0.1, 0.15) is 11.1 Å². The van der Waals surface area contributed by atoms with Crippen molar-refractivity contribution >= 4 is 23.3 Å². The molecule has 0 aliphatic carbocycles. The minimum absolute atomic E-state index is 0.0234. The van der Waals surface area contributed by atoms with Crippen LogP contribution < -0.4 is 10.3 Å². The number of aliphatic hydroxyl groups excluding tert-OH is 1.